The van der Waals surface area contributed by atoms with Crippen LogP contribution in [0.4, 0.5) is 11.4 Å². The minimum atomic E-state index is -0.755. The highest BCUT2D eigenvalue weighted by molar-refractivity contribution is 6.15. The molecule has 0 radical (unpaired) electrons. The normalized spacial score (nSPS) is 15.8. The number of para-hydroxylation sites is 3. The summed E-state index contributed by atoms with van der Waals surface area (Å²) in [7, 11) is 0. The molecule has 2 aromatic carbocycles. The number of ketones is 1. The molecule has 0 unspecified atom stereocenters. The molecule has 0 aliphatic carbocycles. The van der Waals surface area contributed by atoms with Crippen molar-refractivity contribution in [3.8, 4) is 0 Å². The number of anilines is 2. The fourth-order valence-electron chi connectivity index (χ4n) is 3.34. The Kier molecular flexibility index (Phi) is 3.39. The average Bonchev–Trinajstić information content (AvgIpc) is 3.02. The second-order valence-electron chi connectivity index (χ2n) is 6.83. The Labute approximate surface area is 145 Å². The topological polar surface area (TPSA) is 65.2 Å². The van der Waals surface area contributed by atoms with Crippen molar-refractivity contribution in [3.05, 3.63) is 60.3 Å². The number of carbonyl (C=O) groups is 2. The lowest BCUT2D eigenvalue weighted by atomic mass is 9.97. The van der Waals surface area contributed by atoms with E-state index in [9.17, 15) is 9.59 Å². The summed E-state index contributed by atoms with van der Waals surface area (Å²) in [4.78, 5) is 30.5. The molecule has 0 bridgehead atoms. The van der Waals surface area contributed by atoms with Crippen molar-refractivity contribution in [2.24, 2.45) is 0 Å². The molecule has 0 saturated carbocycles. The molecule has 1 aliphatic rings. The lowest BCUT2D eigenvalue weighted by molar-refractivity contribution is -0.122. The first-order valence-corrected chi connectivity index (χ1v) is 8.26. The molecule has 4 rings (SSSR count). The number of hydrogen-bond donors (Lipinski definition) is 2. The quantitative estimate of drug-likeness (QED) is 0.720. The number of nitrogens with zero attached hydrogens (tertiary/aromatic N) is 1. The van der Waals surface area contributed by atoms with Gasteiger partial charge in [0.15, 0.2) is 5.78 Å². The van der Waals surface area contributed by atoms with Gasteiger partial charge in [0.2, 0.25) is 0 Å². The molecule has 0 atom stereocenters. The number of amides is 1. The van der Waals surface area contributed by atoms with E-state index in [0.29, 0.717) is 5.56 Å². The van der Waals surface area contributed by atoms with Gasteiger partial charge in [0, 0.05) is 22.7 Å². The SMILES string of the molecule is CC1(C)Nc2ccccc2N(CC(=O)c2c[nH]c3ccccc23)C1=O. The zero-order chi connectivity index (χ0) is 17.6. The summed E-state index contributed by atoms with van der Waals surface area (Å²) in [6.45, 7) is 3.67. The molecule has 2 N–H and O–H groups in total. The first-order chi connectivity index (χ1) is 12.0. The Morgan fingerprint density at radius 1 is 1.08 bits per heavy atom. The van der Waals surface area contributed by atoms with E-state index < -0.39 is 5.54 Å². The van der Waals surface area contributed by atoms with Gasteiger partial charge in [-0.15, -0.1) is 0 Å². The van der Waals surface area contributed by atoms with Gasteiger partial charge >= 0.3 is 0 Å². The van der Waals surface area contributed by atoms with Crippen molar-refractivity contribution in [1.82, 2.24) is 4.98 Å². The zero-order valence-corrected chi connectivity index (χ0v) is 14.2. The van der Waals surface area contributed by atoms with Crippen LogP contribution in [0.5, 0.6) is 0 Å². The van der Waals surface area contributed by atoms with Crippen molar-refractivity contribution >= 4 is 34.0 Å². The first kappa shape index (κ1) is 15.4. The lowest BCUT2D eigenvalue weighted by Crippen LogP contribution is -2.55. The third-order valence-corrected chi connectivity index (χ3v) is 4.61. The molecular weight excluding hydrogens is 314 g/mol. The van der Waals surface area contributed by atoms with Crippen LogP contribution in [0.1, 0.15) is 24.2 Å². The molecule has 0 spiro atoms. The predicted octanol–water partition coefficient (Wildman–Crippen LogP) is 3.59. The maximum Gasteiger partial charge on any atom is 0.252 e. The van der Waals surface area contributed by atoms with Crippen molar-refractivity contribution in [1.29, 1.82) is 0 Å². The van der Waals surface area contributed by atoms with Crippen LogP contribution in [0, 0.1) is 0 Å². The van der Waals surface area contributed by atoms with Gasteiger partial charge in [-0.05, 0) is 32.0 Å². The Balaban J connectivity index is 1.72. The van der Waals surface area contributed by atoms with Crippen LogP contribution in [-0.2, 0) is 4.79 Å². The van der Waals surface area contributed by atoms with Crippen LogP contribution in [0.25, 0.3) is 10.9 Å². The van der Waals surface area contributed by atoms with Gasteiger partial charge in [0.05, 0.1) is 17.9 Å². The number of aromatic amines is 1. The van der Waals surface area contributed by atoms with E-state index in [1.165, 1.54) is 0 Å². The second-order valence-corrected chi connectivity index (χ2v) is 6.83. The molecule has 2 heterocycles. The van der Waals surface area contributed by atoms with Crippen LogP contribution in [0.2, 0.25) is 0 Å². The van der Waals surface area contributed by atoms with Gasteiger partial charge in [-0.1, -0.05) is 30.3 Å². The molecule has 25 heavy (non-hydrogen) atoms. The molecule has 0 saturated heterocycles. The van der Waals surface area contributed by atoms with Crippen LogP contribution in [0.3, 0.4) is 0 Å². The third-order valence-electron chi connectivity index (χ3n) is 4.61. The molecule has 1 aromatic heterocycles. The van der Waals surface area contributed by atoms with Crippen LogP contribution in [-0.4, -0.2) is 28.8 Å². The van der Waals surface area contributed by atoms with Gasteiger partial charge in [0.1, 0.15) is 5.54 Å². The average molecular weight is 333 g/mol. The highest BCUT2D eigenvalue weighted by Crippen LogP contribution is 2.35. The smallest absolute Gasteiger partial charge is 0.252 e. The van der Waals surface area contributed by atoms with Crippen LogP contribution >= 0.6 is 0 Å². The minimum absolute atomic E-state index is 0.0167. The number of aromatic nitrogens is 1. The third kappa shape index (κ3) is 2.48. The highest BCUT2D eigenvalue weighted by Gasteiger charge is 2.39. The summed E-state index contributed by atoms with van der Waals surface area (Å²) >= 11 is 0. The summed E-state index contributed by atoms with van der Waals surface area (Å²) < 4.78 is 0. The summed E-state index contributed by atoms with van der Waals surface area (Å²) in [5.41, 5.74) is 2.36. The van der Waals surface area contributed by atoms with E-state index in [0.717, 1.165) is 22.3 Å². The van der Waals surface area contributed by atoms with Crippen molar-refractivity contribution in [3.63, 3.8) is 0 Å². The number of fused-ring (bicyclic) bond motifs is 2. The summed E-state index contributed by atoms with van der Waals surface area (Å²) in [6, 6.07) is 15.2. The van der Waals surface area contributed by atoms with E-state index in [-0.39, 0.29) is 18.2 Å². The van der Waals surface area contributed by atoms with Crippen molar-refractivity contribution in [2.45, 2.75) is 19.4 Å². The van der Waals surface area contributed by atoms with E-state index in [2.05, 4.69) is 10.3 Å². The fraction of sp³-hybridized carbons (Fsp3) is 0.200. The Morgan fingerprint density at radius 3 is 2.64 bits per heavy atom. The fourth-order valence-corrected chi connectivity index (χ4v) is 3.34. The minimum Gasteiger partial charge on any atom is -0.370 e. The molecule has 5 nitrogen and oxygen atoms in total. The number of nitrogens with one attached hydrogen (secondary N) is 2. The lowest BCUT2D eigenvalue weighted by Gasteiger charge is -2.39. The van der Waals surface area contributed by atoms with Crippen LogP contribution in [0.15, 0.2) is 54.7 Å². The number of carbonyl (C=O) groups excluding carboxylic acids is 2. The molecule has 0 fully saturated rings. The largest absolute Gasteiger partial charge is 0.370 e. The summed E-state index contributed by atoms with van der Waals surface area (Å²) in [6.07, 6.45) is 1.72. The molecular formula is C20H19N3O2. The molecule has 5 heteroatoms. The Bertz CT molecular complexity index is 987. The monoisotopic (exact) mass is 333 g/mol. The van der Waals surface area contributed by atoms with Gasteiger partial charge in [-0.2, -0.15) is 0 Å². The van der Waals surface area contributed by atoms with Gasteiger partial charge in [-0.25, -0.2) is 0 Å². The maximum absolute atomic E-state index is 12.9. The molecule has 3 aromatic rings. The van der Waals surface area contributed by atoms with E-state index >= 15 is 0 Å². The van der Waals surface area contributed by atoms with Gasteiger partial charge in [0.25, 0.3) is 5.91 Å². The first-order valence-electron chi connectivity index (χ1n) is 8.26. The highest BCUT2D eigenvalue weighted by atomic mass is 16.2. The standard InChI is InChI=1S/C20H19N3O2/c1-20(2)19(25)23(17-10-6-5-9-16(17)22-20)12-18(24)14-11-21-15-8-4-3-7-13(14)15/h3-11,21-22H,12H2,1-2H3. The maximum atomic E-state index is 12.9. The van der Waals surface area contributed by atoms with E-state index in [1.54, 1.807) is 11.1 Å². The van der Waals surface area contributed by atoms with E-state index in [1.807, 2.05) is 62.4 Å². The Hall–Kier alpha value is -3.08. The summed E-state index contributed by atoms with van der Waals surface area (Å²) in [5.74, 6) is -0.197. The number of benzene rings is 2. The molecule has 1 aliphatic heterocycles. The van der Waals surface area contributed by atoms with Crippen molar-refractivity contribution < 1.29 is 9.59 Å². The number of Topliss-reactive ketones (excluding diaryl/α,β-unsaturated/α-hetero) is 1. The van der Waals surface area contributed by atoms with Gasteiger partial charge < -0.3 is 15.2 Å². The number of hydrogen-bond acceptors (Lipinski definition) is 3. The Morgan fingerprint density at radius 2 is 1.80 bits per heavy atom. The predicted molar refractivity (Wildman–Crippen MR) is 99.1 cm³/mol. The molecule has 126 valence electrons. The number of rotatable bonds is 3. The summed E-state index contributed by atoms with van der Waals surface area (Å²) in [5, 5.41) is 4.12. The van der Waals surface area contributed by atoms with Gasteiger partial charge in [-0.3, -0.25) is 9.59 Å². The number of H-pyrrole nitrogens is 1. The second kappa shape index (κ2) is 5.48. The van der Waals surface area contributed by atoms with Crippen LogP contribution < -0.4 is 10.2 Å². The van der Waals surface area contributed by atoms with E-state index in [4.69, 9.17) is 0 Å². The molecule has 1 amide bonds. The van der Waals surface area contributed by atoms with Crippen molar-refractivity contribution in [2.75, 3.05) is 16.8 Å². The zero-order valence-electron chi connectivity index (χ0n) is 14.2.